The van der Waals surface area contributed by atoms with Gasteiger partial charge >= 0.3 is 0 Å². The van der Waals surface area contributed by atoms with Crippen LogP contribution in [-0.2, 0) is 6.54 Å². The van der Waals surface area contributed by atoms with Gasteiger partial charge in [0.25, 0.3) is 5.91 Å². The van der Waals surface area contributed by atoms with Gasteiger partial charge in [-0.3, -0.25) is 4.79 Å². The number of aromatic nitrogens is 2. The highest BCUT2D eigenvalue weighted by atomic mass is 16.5. The maximum atomic E-state index is 13.0. The van der Waals surface area contributed by atoms with E-state index < -0.39 is 0 Å². The van der Waals surface area contributed by atoms with E-state index in [1.54, 1.807) is 7.11 Å². The zero-order valence-corrected chi connectivity index (χ0v) is 16.4. The maximum absolute atomic E-state index is 13.0. The first-order chi connectivity index (χ1) is 13.2. The normalized spacial score (nSPS) is 20.4. The molecule has 2 fully saturated rings. The SMILES string of the molecule is COc1ccc(C(=O)N2CCC[C@H](c3nccn3CC3CCC3)C2)cc1C. The summed E-state index contributed by atoms with van der Waals surface area (Å²) in [4.78, 5) is 19.7. The lowest BCUT2D eigenvalue weighted by molar-refractivity contribution is 0.0702. The highest BCUT2D eigenvalue weighted by Crippen LogP contribution is 2.31. The van der Waals surface area contributed by atoms with Crippen LogP contribution in [0.25, 0.3) is 0 Å². The van der Waals surface area contributed by atoms with E-state index >= 15 is 0 Å². The molecular weight excluding hydrogens is 338 g/mol. The van der Waals surface area contributed by atoms with Gasteiger partial charge in [-0.1, -0.05) is 6.42 Å². The van der Waals surface area contributed by atoms with Gasteiger partial charge in [-0.2, -0.15) is 0 Å². The molecule has 0 bridgehead atoms. The van der Waals surface area contributed by atoms with Crippen molar-refractivity contribution in [3.63, 3.8) is 0 Å². The number of carbonyl (C=O) groups is 1. The van der Waals surface area contributed by atoms with Crippen LogP contribution in [0.2, 0.25) is 0 Å². The van der Waals surface area contributed by atoms with E-state index in [0.717, 1.165) is 61.1 Å². The molecule has 5 nitrogen and oxygen atoms in total. The molecule has 0 N–H and O–H groups in total. The van der Waals surface area contributed by atoms with E-state index in [0.29, 0.717) is 5.92 Å². The molecule has 0 unspecified atom stereocenters. The van der Waals surface area contributed by atoms with Crippen molar-refractivity contribution < 1.29 is 9.53 Å². The van der Waals surface area contributed by atoms with Crippen LogP contribution in [0.4, 0.5) is 0 Å². The second-order valence-electron chi connectivity index (χ2n) is 8.01. The lowest BCUT2D eigenvalue weighted by Gasteiger charge is -2.34. The Morgan fingerprint density at radius 1 is 1.26 bits per heavy atom. The fourth-order valence-electron chi connectivity index (χ4n) is 4.35. The number of nitrogens with zero attached hydrogens (tertiary/aromatic N) is 3. The third kappa shape index (κ3) is 3.73. The number of benzene rings is 1. The largest absolute Gasteiger partial charge is 0.496 e. The Kier molecular flexibility index (Phi) is 5.19. The minimum atomic E-state index is 0.113. The number of likely N-dealkylation sites (tertiary alicyclic amines) is 1. The first-order valence-corrected chi connectivity index (χ1v) is 10.1. The van der Waals surface area contributed by atoms with Crippen molar-refractivity contribution in [3.05, 3.63) is 47.5 Å². The number of ether oxygens (including phenoxy) is 1. The summed E-state index contributed by atoms with van der Waals surface area (Å²) in [6.07, 6.45) is 10.2. The zero-order valence-electron chi connectivity index (χ0n) is 16.4. The number of hydrogen-bond donors (Lipinski definition) is 0. The Bertz CT molecular complexity index is 810. The molecule has 27 heavy (non-hydrogen) atoms. The summed E-state index contributed by atoms with van der Waals surface area (Å²) < 4.78 is 7.65. The minimum absolute atomic E-state index is 0.113. The molecule has 1 aromatic carbocycles. The van der Waals surface area contributed by atoms with Crippen molar-refractivity contribution in [1.29, 1.82) is 0 Å². The van der Waals surface area contributed by atoms with Gasteiger partial charge in [0.15, 0.2) is 0 Å². The lowest BCUT2D eigenvalue weighted by atomic mass is 9.85. The number of carbonyl (C=O) groups excluding carboxylic acids is 1. The summed E-state index contributed by atoms with van der Waals surface area (Å²) >= 11 is 0. The van der Waals surface area contributed by atoms with Gasteiger partial charge in [-0.15, -0.1) is 0 Å². The van der Waals surface area contributed by atoms with Crippen molar-refractivity contribution >= 4 is 5.91 Å². The molecular formula is C22H29N3O2. The number of piperidine rings is 1. The summed E-state index contributed by atoms with van der Waals surface area (Å²) in [5, 5.41) is 0. The molecule has 2 aromatic rings. The number of aryl methyl sites for hydroxylation is 1. The van der Waals surface area contributed by atoms with Gasteiger partial charge in [0, 0.05) is 43.5 Å². The smallest absolute Gasteiger partial charge is 0.253 e. The van der Waals surface area contributed by atoms with Crippen LogP contribution in [0.3, 0.4) is 0 Å². The molecule has 1 saturated carbocycles. The Morgan fingerprint density at radius 3 is 2.81 bits per heavy atom. The summed E-state index contributed by atoms with van der Waals surface area (Å²) in [6, 6.07) is 5.69. The lowest BCUT2D eigenvalue weighted by Crippen LogP contribution is -2.40. The summed E-state index contributed by atoms with van der Waals surface area (Å²) in [5.41, 5.74) is 1.74. The zero-order chi connectivity index (χ0) is 18.8. The Morgan fingerprint density at radius 2 is 2.11 bits per heavy atom. The van der Waals surface area contributed by atoms with E-state index in [4.69, 9.17) is 4.74 Å². The Balaban J connectivity index is 1.47. The van der Waals surface area contributed by atoms with Crippen molar-refractivity contribution in [2.24, 2.45) is 5.92 Å². The van der Waals surface area contributed by atoms with Crippen LogP contribution in [0, 0.1) is 12.8 Å². The molecule has 1 aliphatic carbocycles. The average Bonchev–Trinajstić information content (AvgIpc) is 3.12. The quantitative estimate of drug-likeness (QED) is 0.802. The number of amides is 1. The third-order valence-electron chi connectivity index (χ3n) is 6.14. The molecule has 1 aromatic heterocycles. The van der Waals surface area contributed by atoms with E-state index in [1.807, 2.05) is 36.2 Å². The number of methoxy groups -OCH3 is 1. The van der Waals surface area contributed by atoms with Gasteiger partial charge in [0.1, 0.15) is 11.6 Å². The van der Waals surface area contributed by atoms with Crippen LogP contribution >= 0.6 is 0 Å². The number of hydrogen-bond acceptors (Lipinski definition) is 3. The van der Waals surface area contributed by atoms with E-state index in [9.17, 15) is 4.79 Å². The van der Waals surface area contributed by atoms with E-state index in [-0.39, 0.29) is 5.91 Å². The fraction of sp³-hybridized carbons (Fsp3) is 0.545. The minimum Gasteiger partial charge on any atom is -0.496 e. The molecule has 0 spiro atoms. The molecule has 4 rings (SSSR count). The Labute approximate surface area is 161 Å². The molecule has 2 heterocycles. The maximum Gasteiger partial charge on any atom is 0.253 e. The van der Waals surface area contributed by atoms with Gasteiger partial charge in [-0.05, 0) is 62.3 Å². The molecule has 1 saturated heterocycles. The molecule has 1 amide bonds. The van der Waals surface area contributed by atoms with Crippen molar-refractivity contribution in [3.8, 4) is 5.75 Å². The predicted octanol–water partition coefficient (Wildman–Crippen LogP) is 4.02. The second kappa shape index (κ2) is 7.75. The first-order valence-electron chi connectivity index (χ1n) is 10.1. The van der Waals surface area contributed by atoms with Crippen LogP contribution in [0.15, 0.2) is 30.6 Å². The summed E-state index contributed by atoms with van der Waals surface area (Å²) in [7, 11) is 1.66. The molecule has 1 aliphatic heterocycles. The predicted molar refractivity (Wildman–Crippen MR) is 105 cm³/mol. The summed E-state index contributed by atoms with van der Waals surface area (Å²) in [5.74, 6) is 3.23. The third-order valence-corrected chi connectivity index (χ3v) is 6.14. The average molecular weight is 367 g/mol. The highest BCUT2D eigenvalue weighted by Gasteiger charge is 2.29. The van der Waals surface area contributed by atoms with Crippen molar-refractivity contribution in [2.75, 3.05) is 20.2 Å². The Hall–Kier alpha value is -2.30. The van der Waals surface area contributed by atoms with Crippen LogP contribution in [0.1, 0.15) is 59.8 Å². The molecule has 0 radical (unpaired) electrons. The molecule has 144 valence electrons. The van der Waals surface area contributed by atoms with Gasteiger partial charge in [0.05, 0.1) is 7.11 Å². The summed E-state index contributed by atoms with van der Waals surface area (Å²) in [6.45, 7) is 4.64. The number of imidazole rings is 1. The van der Waals surface area contributed by atoms with Crippen molar-refractivity contribution in [2.45, 2.75) is 51.5 Å². The number of rotatable bonds is 5. The van der Waals surface area contributed by atoms with Crippen molar-refractivity contribution in [1.82, 2.24) is 14.5 Å². The second-order valence-corrected chi connectivity index (χ2v) is 8.01. The monoisotopic (exact) mass is 367 g/mol. The molecule has 5 heteroatoms. The highest BCUT2D eigenvalue weighted by molar-refractivity contribution is 5.94. The van der Waals surface area contributed by atoms with Crippen LogP contribution in [-0.4, -0.2) is 40.6 Å². The topological polar surface area (TPSA) is 47.4 Å². The van der Waals surface area contributed by atoms with Gasteiger partial charge in [-0.25, -0.2) is 4.98 Å². The van der Waals surface area contributed by atoms with Crippen LogP contribution < -0.4 is 4.74 Å². The molecule has 1 atom stereocenters. The fourth-order valence-corrected chi connectivity index (χ4v) is 4.35. The molecule has 2 aliphatic rings. The first kappa shape index (κ1) is 18.1. The standard InChI is InChI=1S/C22H29N3O2/c1-16-13-18(8-9-20(16)27-2)22(26)25-11-4-7-19(15-25)21-23-10-12-24(21)14-17-5-3-6-17/h8-10,12-13,17,19H,3-7,11,14-15H2,1-2H3/t19-/m0/s1. The van der Waals surface area contributed by atoms with Gasteiger partial charge < -0.3 is 14.2 Å². The van der Waals surface area contributed by atoms with Crippen LogP contribution in [0.5, 0.6) is 5.75 Å². The van der Waals surface area contributed by atoms with E-state index in [2.05, 4.69) is 15.7 Å². The van der Waals surface area contributed by atoms with Gasteiger partial charge in [0.2, 0.25) is 0 Å². The van der Waals surface area contributed by atoms with E-state index in [1.165, 1.54) is 19.3 Å².